The van der Waals surface area contributed by atoms with Crippen LogP contribution in [-0.4, -0.2) is 15.1 Å². The second-order valence-corrected chi connectivity index (χ2v) is 5.97. The largest absolute Gasteiger partial charge is 2.00 e. The van der Waals surface area contributed by atoms with Gasteiger partial charge in [-0.3, -0.25) is 4.98 Å². The van der Waals surface area contributed by atoms with E-state index in [1.807, 2.05) is 44.2 Å². The standard InChI is InChI=1S/C7H9N.2C7H6OS.Zn/c1-6-4-3-5-7(2)8-6;2*8-7(9)6-4-2-1-3-5-6;/h3-5H,1-2H3;2*1-5H,(H,8,9);/q;;;+2/p-2. The summed E-state index contributed by atoms with van der Waals surface area (Å²) in [5, 5.41) is 20.3. The van der Waals surface area contributed by atoms with Crippen LogP contribution in [0, 0.1) is 13.8 Å². The summed E-state index contributed by atoms with van der Waals surface area (Å²) in [4.78, 5) is 4.17. The fourth-order valence-corrected chi connectivity index (χ4v) is 2.10. The van der Waals surface area contributed by atoms with Crippen molar-refractivity contribution in [1.82, 2.24) is 4.98 Å². The van der Waals surface area contributed by atoms with Crippen molar-refractivity contribution in [2.75, 3.05) is 0 Å². The zero-order valence-electron chi connectivity index (χ0n) is 15.3. The molecule has 0 aliphatic carbocycles. The van der Waals surface area contributed by atoms with Gasteiger partial charge in [-0.05, 0) is 47.2 Å². The van der Waals surface area contributed by atoms with Gasteiger partial charge >= 0.3 is 19.5 Å². The van der Waals surface area contributed by atoms with Crippen LogP contribution in [0.15, 0.2) is 78.9 Å². The van der Waals surface area contributed by atoms with Gasteiger partial charge in [-0.2, -0.15) is 0 Å². The minimum Gasteiger partial charge on any atom is -0.864 e. The second-order valence-electron chi connectivity index (χ2n) is 5.23. The number of pyridine rings is 1. The smallest absolute Gasteiger partial charge is 0.864 e. The van der Waals surface area contributed by atoms with Crippen LogP contribution in [-0.2, 0) is 19.5 Å². The van der Waals surface area contributed by atoms with E-state index in [9.17, 15) is 10.2 Å². The van der Waals surface area contributed by atoms with Gasteiger partial charge in [0.25, 0.3) is 0 Å². The Bertz CT molecular complexity index is 761. The van der Waals surface area contributed by atoms with Gasteiger partial charge in [0.15, 0.2) is 0 Å². The SMILES string of the molecule is Cc1cccc(C)n1.[O-]C(=S)c1ccccc1.[O-]C(=S)c1ccccc1.[Zn+2]. The van der Waals surface area contributed by atoms with E-state index in [0.717, 1.165) is 11.4 Å². The Morgan fingerprint density at radius 3 is 1.15 bits per heavy atom. The Hall–Kier alpha value is -2.01. The first-order chi connectivity index (χ1) is 12.4. The molecule has 2 aromatic carbocycles. The summed E-state index contributed by atoms with van der Waals surface area (Å²) >= 11 is 8.81. The van der Waals surface area contributed by atoms with Gasteiger partial charge in [-0.15, -0.1) is 0 Å². The van der Waals surface area contributed by atoms with Gasteiger partial charge in [-0.25, -0.2) is 0 Å². The van der Waals surface area contributed by atoms with Crippen molar-refractivity contribution in [3.63, 3.8) is 0 Å². The number of aryl methyl sites for hydroxylation is 2. The van der Waals surface area contributed by atoms with E-state index in [4.69, 9.17) is 0 Å². The number of thiocarbonyl (C=S) groups is 2. The van der Waals surface area contributed by atoms with Gasteiger partial charge in [0.1, 0.15) is 0 Å². The van der Waals surface area contributed by atoms with Crippen molar-refractivity contribution in [3.05, 3.63) is 101 Å². The Morgan fingerprint density at radius 2 is 0.963 bits per heavy atom. The van der Waals surface area contributed by atoms with Crippen molar-refractivity contribution >= 4 is 34.5 Å². The third-order valence-electron chi connectivity index (χ3n) is 3.05. The fraction of sp³-hybridized carbons (Fsp3) is 0.0952. The molecule has 0 aliphatic rings. The number of benzene rings is 2. The molecule has 1 heterocycles. The number of aromatic nitrogens is 1. The minimum absolute atomic E-state index is 0. The van der Waals surface area contributed by atoms with Crippen LogP contribution in [0.25, 0.3) is 0 Å². The first-order valence-corrected chi connectivity index (χ1v) is 8.65. The monoisotopic (exact) mass is 445 g/mol. The Labute approximate surface area is 183 Å². The van der Waals surface area contributed by atoms with E-state index in [0.29, 0.717) is 11.1 Å². The molecule has 134 valence electrons. The van der Waals surface area contributed by atoms with Gasteiger partial charge in [-0.1, -0.05) is 91.2 Å². The van der Waals surface area contributed by atoms with Crippen molar-refractivity contribution in [2.24, 2.45) is 0 Å². The maximum Gasteiger partial charge on any atom is 2.00 e. The summed E-state index contributed by atoms with van der Waals surface area (Å²) in [5.41, 5.74) is 3.36. The van der Waals surface area contributed by atoms with Gasteiger partial charge in [0, 0.05) is 11.4 Å². The van der Waals surface area contributed by atoms with E-state index in [1.165, 1.54) is 0 Å². The molecule has 0 bridgehead atoms. The van der Waals surface area contributed by atoms with E-state index < -0.39 is 0 Å². The number of nitrogens with zero attached hydrogens (tertiary/aromatic N) is 1. The molecular formula is C21H19NO2S2Zn. The molecule has 27 heavy (non-hydrogen) atoms. The average Bonchev–Trinajstić information content (AvgIpc) is 2.64. The molecule has 0 aliphatic heterocycles. The Morgan fingerprint density at radius 1 is 0.630 bits per heavy atom. The number of hydrogen-bond acceptors (Lipinski definition) is 5. The summed E-state index contributed by atoms with van der Waals surface area (Å²) in [6.07, 6.45) is 0. The summed E-state index contributed by atoms with van der Waals surface area (Å²) < 4.78 is 0. The van der Waals surface area contributed by atoms with Crippen LogP contribution < -0.4 is 10.2 Å². The van der Waals surface area contributed by atoms with Crippen molar-refractivity contribution in [2.45, 2.75) is 13.8 Å². The molecule has 0 atom stereocenters. The maximum atomic E-state index is 10.5. The quantitative estimate of drug-likeness (QED) is 0.447. The van der Waals surface area contributed by atoms with Crippen molar-refractivity contribution < 1.29 is 29.7 Å². The molecule has 3 aromatic rings. The van der Waals surface area contributed by atoms with Gasteiger partial charge in [0.2, 0.25) is 0 Å². The zero-order valence-corrected chi connectivity index (χ0v) is 19.9. The van der Waals surface area contributed by atoms with Crippen LogP contribution in [0.5, 0.6) is 0 Å². The minimum atomic E-state index is -0.296. The molecule has 0 amide bonds. The van der Waals surface area contributed by atoms with Gasteiger partial charge < -0.3 is 10.2 Å². The maximum absolute atomic E-state index is 10.5. The third kappa shape index (κ3) is 11.3. The molecule has 0 N–H and O–H groups in total. The number of hydrogen-bond donors (Lipinski definition) is 0. The van der Waals surface area contributed by atoms with Crippen LogP contribution in [0.3, 0.4) is 0 Å². The summed E-state index contributed by atoms with van der Waals surface area (Å²) in [5.74, 6) is 0. The molecule has 1 aromatic heterocycles. The van der Waals surface area contributed by atoms with E-state index >= 15 is 0 Å². The molecule has 3 rings (SSSR count). The predicted molar refractivity (Wildman–Crippen MR) is 110 cm³/mol. The first kappa shape index (κ1) is 25.0. The van der Waals surface area contributed by atoms with E-state index in [2.05, 4.69) is 29.4 Å². The Kier molecular flexibility index (Phi) is 13.1. The van der Waals surface area contributed by atoms with Crippen LogP contribution in [0.1, 0.15) is 22.5 Å². The van der Waals surface area contributed by atoms with Crippen molar-refractivity contribution in [1.29, 1.82) is 0 Å². The molecule has 6 heteroatoms. The summed E-state index contributed by atoms with van der Waals surface area (Å²) in [6.45, 7) is 3.99. The molecule has 0 fully saturated rings. The molecule has 0 unspecified atom stereocenters. The van der Waals surface area contributed by atoms with Crippen LogP contribution in [0.4, 0.5) is 0 Å². The topological polar surface area (TPSA) is 59.0 Å². The fourth-order valence-electron chi connectivity index (χ4n) is 1.83. The molecule has 0 spiro atoms. The second kappa shape index (κ2) is 14.1. The first-order valence-electron chi connectivity index (χ1n) is 7.83. The molecule has 0 radical (unpaired) electrons. The summed E-state index contributed by atoms with van der Waals surface area (Å²) in [6, 6.07) is 23.7. The molecule has 0 saturated heterocycles. The summed E-state index contributed by atoms with van der Waals surface area (Å²) in [7, 11) is 0. The normalized spacial score (nSPS) is 8.67. The average molecular weight is 447 g/mol. The Balaban J connectivity index is 0.000000369. The zero-order chi connectivity index (χ0) is 19.4. The van der Waals surface area contributed by atoms with E-state index in [-0.39, 0.29) is 29.6 Å². The number of rotatable bonds is 2. The van der Waals surface area contributed by atoms with Crippen LogP contribution >= 0.6 is 24.4 Å². The molecular weight excluding hydrogens is 428 g/mol. The van der Waals surface area contributed by atoms with E-state index in [1.54, 1.807) is 48.5 Å². The third-order valence-corrected chi connectivity index (χ3v) is 3.52. The molecule has 0 saturated carbocycles. The van der Waals surface area contributed by atoms with Crippen molar-refractivity contribution in [3.8, 4) is 0 Å². The predicted octanol–water partition coefficient (Wildman–Crippen LogP) is 3.14. The van der Waals surface area contributed by atoms with Crippen LogP contribution in [0.2, 0.25) is 0 Å². The van der Waals surface area contributed by atoms with Gasteiger partial charge in [0.05, 0.1) is 0 Å². The molecule has 3 nitrogen and oxygen atoms in total.